The number of halogens is 1. The lowest BCUT2D eigenvalue weighted by molar-refractivity contribution is 0.0703. The first kappa shape index (κ1) is 15.1. The van der Waals surface area contributed by atoms with Gasteiger partial charge in [0.1, 0.15) is 11.3 Å². The molecule has 124 valence electrons. The smallest absolute Gasteiger partial charge is 0.379 e. The number of hydrogen-bond donors (Lipinski definition) is 0. The molecule has 0 unspecified atom stereocenters. The summed E-state index contributed by atoms with van der Waals surface area (Å²) in [6.45, 7) is 1.65. The van der Waals surface area contributed by atoms with Gasteiger partial charge in [-0.05, 0) is 31.2 Å². The summed E-state index contributed by atoms with van der Waals surface area (Å²) in [5, 5.41) is 1.21. The van der Waals surface area contributed by atoms with E-state index in [-0.39, 0.29) is 17.1 Å². The van der Waals surface area contributed by atoms with Gasteiger partial charge in [0.15, 0.2) is 11.4 Å². The van der Waals surface area contributed by atoms with Crippen LogP contribution in [0, 0.1) is 12.7 Å². The predicted octanol–water partition coefficient (Wildman–Crippen LogP) is 4.21. The van der Waals surface area contributed by atoms with Crippen LogP contribution in [0.4, 0.5) is 4.39 Å². The van der Waals surface area contributed by atoms with E-state index in [0.717, 1.165) is 0 Å². The minimum Gasteiger partial charge on any atom is -0.446 e. The fraction of sp³-hybridized carbons (Fsp3) is 0.0526. The van der Waals surface area contributed by atoms with E-state index >= 15 is 0 Å². The van der Waals surface area contributed by atoms with Gasteiger partial charge in [-0.15, -0.1) is 0 Å². The number of para-hydroxylation sites is 1. The van der Waals surface area contributed by atoms with E-state index in [1.807, 2.05) is 0 Å². The van der Waals surface area contributed by atoms with Gasteiger partial charge in [0.05, 0.1) is 0 Å². The van der Waals surface area contributed by atoms with Crippen LogP contribution in [0.5, 0.6) is 5.75 Å². The highest BCUT2D eigenvalue weighted by Crippen LogP contribution is 2.28. The zero-order valence-corrected chi connectivity index (χ0v) is 13.0. The zero-order valence-electron chi connectivity index (χ0n) is 13.0. The highest BCUT2D eigenvalue weighted by Gasteiger charge is 2.21. The SMILES string of the molecule is Cc1c(C(=O)Oc2ccc3ccc(=O)oc3c2)oc2c(F)cccc12. The van der Waals surface area contributed by atoms with Crippen LogP contribution < -0.4 is 10.4 Å². The summed E-state index contributed by atoms with van der Waals surface area (Å²) in [4.78, 5) is 23.7. The maximum atomic E-state index is 13.8. The van der Waals surface area contributed by atoms with E-state index in [4.69, 9.17) is 13.6 Å². The second-order valence-electron chi connectivity index (χ2n) is 5.52. The third-order valence-electron chi connectivity index (χ3n) is 3.91. The van der Waals surface area contributed by atoms with Crippen molar-refractivity contribution in [1.82, 2.24) is 0 Å². The summed E-state index contributed by atoms with van der Waals surface area (Å²) in [5.74, 6) is -1.19. The number of furan rings is 1. The number of aryl methyl sites for hydroxylation is 1. The monoisotopic (exact) mass is 338 g/mol. The topological polar surface area (TPSA) is 69.7 Å². The molecule has 0 N–H and O–H groups in total. The van der Waals surface area contributed by atoms with Crippen molar-refractivity contribution in [2.45, 2.75) is 6.92 Å². The summed E-state index contributed by atoms with van der Waals surface area (Å²) < 4.78 is 29.5. The molecular weight excluding hydrogens is 327 g/mol. The Morgan fingerprint density at radius 1 is 1.08 bits per heavy atom. The van der Waals surface area contributed by atoms with Crippen LogP contribution in [-0.4, -0.2) is 5.97 Å². The van der Waals surface area contributed by atoms with E-state index in [0.29, 0.717) is 21.9 Å². The van der Waals surface area contributed by atoms with Gasteiger partial charge in [-0.3, -0.25) is 0 Å². The van der Waals surface area contributed by atoms with Crippen molar-refractivity contribution in [3.05, 3.63) is 76.1 Å². The van der Waals surface area contributed by atoms with Crippen LogP contribution in [0.3, 0.4) is 0 Å². The Hall–Kier alpha value is -3.41. The molecule has 0 atom stereocenters. The molecule has 4 aromatic rings. The molecule has 0 aliphatic carbocycles. The molecule has 0 saturated carbocycles. The maximum absolute atomic E-state index is 13.8. The molecule has 2 aromatic carbocycles. The van der Waals surface area contributed by atoms with Crippen LogP contribution in [0.15, 0.2) is 62.2 Å². The first-order valence-electron chi connectivity index (χ1n) is 7.46. The summed E-state index contributed by atoms with van der Waals surface area (Å²) in [5.41, 5.74) is 0.299. The average Bonchev–Trinajstić information content (AvgIpc) is 2.93. The summed E-state index contributed by atoms with van der Waals surface area (Å²) in [7, 11) is 0. The van der Waals surface area contributed by atoms with E-state index in [2.05, 4.69) is 0 Å². The van der Waals surface area contributed by atoms with Crippen LogP contribution in [-0.2, 0) is 0 Å². The van der Waals surface area contributed by atoms with Crippen molar-refractivity contribution in [1.29, 1.82) is 0 Å². The number of rotatable bonds is 2. The minimum atomic E-state index is -0.759. The molecule has 0 saturated heterocycles. The molecule has 6 heteroatoms. The Balaban J connectivity index is 1.71. The number of ether oxygens (including phenoxy) is 1. The van der Waals surface area contributed by atoms with Crippen molar-refractivity contribution >= 4 is 27.9 Å². The van der Waals surface area contributed by atoms with Gasteiger partial charge in [0, 0.05) is 28.5 Å². The number of esters is 1. The van der Waals surface area contributed by atoms with E-state index in [1.54, 1.807) is 37.3 Å². The molecule has 25 heavy (non-hydrogen) atoms. The molecule has 5 nitrogen and oxygen atoms in total. The molecule has 0 aliphatic heterocycles. The lowest BCUT2D eigenvalue weighted by Crippen LogP contribution is -2.08. The lowest BCUT2D eigenvalue weighted by Gasteiger charge is -2.04. The van der Waals surface area contributed by atoms with Crippen molar-refractivity contribution < 1.29 is 22.8 Å². The van der Waals surface area contributed by atoms with Crippen molar-refractivity contribution in [3.63, 3.8) is 0 Å². The van der Waals surface area contributed by atoms with Gasteiger partial charge in [0.25, 0.3) is 0 Å². The Bertz CT molecular complexity index is 1190. The summed E-state index contributed by atoms with van der Waals surface area (Å²) in [6, 6.07) is 12.0. The molecule has 4 rings (SSSR count). The van der Waals surface area contributed by atoms with Crippen LogP contribution in [0.25, 0.3) is 21.9 Å². The maximum Gasteiger partial charge on any atom is 0.379 e. The second kappa shape index (κ2) is 5.59. The predicted molar refractivity (Wildman–Crippen MR) is 88.4 cm³/mol. The number of carbonyl (C=O) groups is 1. The molecule has 0 radical (unpaired) electrons. The third-order valence-corrected chi connectivity index (χ3v) is 3.91. The van der Waals surface area contributed by atoms with Gasteiger partial charge < -0.3 is 13.6 Å². The van der Waals surface area contributed by atoms with Gasteiger partial charge in [-0.2, -0.15) is 0 Å². The Labute approximate surface area is 140 Å². The minimum absolute atomic E-state index is 0.0106. The van der Waals surface area contributed by atoms with Crippen molar-refractivity contribution in [3.8, 4) is 5.75 Å². The fourth-order valence-electron chi connectivity index (χ4n) is 2.66. The zero-order chi connectivity index (χ0) is 17.6. The van der Waals surface area contributed by atoms with Crippen molar-refractivity contribution in [2.75, 3.05) is 0 Å². The molecule has 2 heterocycles. The lowest BCUT2D eigenvalue weighted by atomic mass is 10.1. The fourth-order valence-corrected chi connectivity index (χ4v) is 2.66. The van der Waals surface area contributed by atoms with E-state index in [1.165, 1.54) is 18.2 Å². The van der Waals surface area contributed by atoms with Gasteiger partial charge in [0.2, 0.25) is 5.76 Å². The van der Waals surface area contributed by atoms with Crippen LogP contribution in [0.1, 0.15) is 16.1 Å². The van der Waals surface area contributed by atoms with E-state index in [9.17, 15) is 14.0 Å². The highest BCUT2D eigenvalue weighted by molar-refractivity contribution is 5.97. The highest BCUT2D eigenvalue weighted by atomic mass is 19.1. The molecule has 0 fully saturated rings. The number of hydrogen-bond acceptors (Lipinski definition) is 5. The number of carbonyl (C=O) groups excluding carboxylic acids is 1. The Kier molecular flexibility index (Phi) is 3.39. The summed E-state index contributed by atoms with van der Waals surface area (Å²) >= 11 is 0. The van der Waals surface area contributed by atoms with Crippen LogP contribution >= 0.6 is 0 Å². The molecule has 2 aromatic heterocycles. The average molecular weight is 338 g/mol. The molecular formula is C19H11FO5. The summed E-state index contributed by atoms with van der Waals surface area (Å²) in [6.07, 6.45) is 0. The first-order valence-corrected chi connectivity index (χ1v) is 7.46. The van der Waals surface area contributed by atoms with Gasteiger partial charge in [-0.1, -0.05) is 12.1 Å². The van der Waals surface area contributed by atoms with E-state index < -0.39 is 17.4 Å². The molecule has 0 aliphatic rings. The second-order valence-corrected chi connectivity index (χ2v) is 5.52. The normalized spacial score (nSPS) is 11.1. The molecule has 0 spiro atoms. The first-order chi connectivity index (χ1) is 12.0. The largest absolute Gasteiger partial charge is 0.446 e. The Morgan fingerprint density at radius 2 is 1.88 bits per heavy atom. The van der Waals surface area contributed by atoms with Crippen molar-refractivity contribution in [2.24, 2.45) is 0 Å². The molecule has 0 bridgehead atoms. The van der Waals surface area contributed by atoms with Gasteiger partial charge in [-0.25, -0.2) is 14.0 Å². The Morgan fingerprint density at radius 3 is 2.68 bits per heavy atom. The van der Waals surface area contributed by atoms with Gasteiger partial charge >= 0.3 is 11.6 Å². The standard InChI is InChI=1S/C19H11FO5/c1-10-13-3-2-4-14(20)18(13)25-17(10)19(22)23-12-7-5-11-6-8-16(21)24-15(11)9-12/h2-9H,1H3. The number of benzene rings is 2. The number of fused-ring (bicyclic) bond motifs is 2. The quantitative estimate of drug-likeness (QED) is 0.311. The van der Waals surface area contributed by atoms with Crippen LogP contribution in [0.2, 0.25) is 0 Å². The third kappa shape index (κ3) is 2.57. The molecule has 0 amide bonds.